The van der Waals surface area contributed by atoms with E-state index in [1.807, 2.05) is 32.0 Å². The average Bonchev–Trinajstić information content (AvgIpc) is 2.93. The molecule has 1 fully saturated rings. The molecule has 1 aromatic rings. The number of aliphatic hydroxyl groups excluding tert-OH is 2. The van der Waals surface area contributed by atoms with Gasteiger partial charge in [-0.25, -0.2) is 0 Å². The van der Waals surface area contributed by atoms with Crippen molar-refractivity contribution in [2.45, 2.75) is 57.5 Å². The van der Waals surface area contributed by atoms with Crippen molar-refractivity contribution in [1.82, 2.24) is 4.90 Å². The maximum Gasteiger partial charge on any atom is 0.131 e. The second-order valence-corrected chi connectivity index (χ2v) is 6.81. The predicted molar refractivity (Wildman–Crippen MR) is 88.6 cm³/mol. The lowest BCUT2D eigenvalue weighted by Crippen LogP contribution is -2.53. The summed E-state index contributed by atoms with van der Waals surface area (Å²) in [6, 6.07) is 5.76. The molecule has 0 radical (unpaired) electrons. The quantitative estimate of drug-likeness (QED) is 0.877. The highest BCUT2D eigenvalue weighted by atomic mass is 35.5. The lowest BCUT2D eigenvalue weighted by atomic mass is 9.84. The number of likely N-dealkylation sites (tertiary alicyclic amines) is 1. The first-order valence-corrected chi connectivity index (χ1v) is 7.83. The number of hydrogen-bond acceptors (Lipinski definition) is 4. The molecule has 1 aromatic carbocycles. The van der Waals surface area contributed by atoms with Gasteiger partial charge in [0.1, 0.15) is 17.5 Å². The monoisotopic (exact) mass is 327 g/mol. The van der Waals surface area contributed by atoms with E-state index >= 15 is 0 Å². The van der Waals surface area contributed by atoms with E-state index in [-0.39, 0.29) is 18.4 Å². The smallest absolute Gasteiger partial charge is 0.131 e. The molecule has 1 unspecified atom stereocenters. The molecular weight excluding hydrogens is 302 g/mol. The Morgan fingerprint density at radius 3 is 2.50 bits per heavy atom. The molecule has 22 heavy (non-hydrogen) atoms. The van der Waals surface area contributed by atoms with E-state index in [9.17, 15) is 10.2 Å². The second-order valence-electron chi connectivity index (χ2n) is 6.81. The highest BCUT2D eigenvalue weighted by molar-refractivity contribution is 5.85. The molecule has 5 heteroatoms. The Balaban J connectivity index is 0.00000176. The number of ether oxygens (including phenoxy) is 1. The highest BCUT2D eigenvalue weighted by Gasteiger charge is 2.45. The molecule has 124 valence electrons. The summed E-state index contributed by atoms with van der Waals surface area (Å²) < 4.78 is 6.00. The van der Waals surface area contributed by atoms with E-state index < -0.39 is 17.8 Å². The second kappa shape index (κ2) is 6.36. The minimum atomic E-state index is -0.605. The Morgan fingerprint density at radius 1 is 1.27 bits per heavy atom. The molecule has 0 saturated carbocycles. The number of halogens is 1. The number of hydrogen-bond donors (Lipinski definition) is 2. The van der Waals surface area contributed by atoms with Gasteiger partial charge in [0.2, 0.25) is 0 Å². The van der Waals surface area contributed by atoms with E-state index in [1.165, 1.54) is 12.8 Å². The molecule has 0 aromatic heterocycles. The van der Waals surface area contributed by atoms with Crippen LogP contribution in [0.2, 0.25) is 0 Å². The van der Waals surface area contributed by atoms with Crippen LogP contribution in [-0.2, 0) is 0 Å². The third-order valence-corrected chi connectivity index (χ3v) is 4.75. The zero-order valence-electron chi connectivity index (χ0n) is 13.5. The normalized spacial score (nSPS) is 28.4. The summed E-state index contributed by atoms with van der Waals surface area (Å²) in [6.07, 6.45) is 1.26. The molecule has 3 atom stereocenters. The van der Waals surface area contributed by atoms with Crippen molar-refractivity contribution in [1.29, 1.82) is 0 Å². The summed E-state index contributed by atoms with van der Waals surface area (Å²) in [5.41, 5.74) is 1.27. The number of fused-ring (bicyclic) bond motifs is 1. The molecule has 0 amide bonds. The van der Waals surface area contributed by atoms with Crippen LogP contribution in [0.1, 0.15) is 56.9 Å². The molecule has 0 spiro atoms. The molecule has 4 nitrogen and oxygen atoms in total. The van der Waals surface area contributed by atoms with Crippen LogP contribution in [0.15, 0.2) is 18.2 Å². The van der Waals surface area contributed by atoms with Gasteiger partial charge in [-0.05, 0) is 64.4 Å². The number of aliphatic hydroxyl groups is 2. The summed E-state index contributed by atoms with van der Waals surface area (Å²) in [5.74, 6) is 0.826. The van der Waals surface area contributed by atoms with Crippen molar-refractivity contribution in [2.75, 3.05) is 13.1 Å². The van der Waals surface area contributed by atoms with Crippen LogP contribution in [-0.4, -0.2) is 39.9 Å². The van der Waals surface area contributed by atoms with Crippen LogP contribution >= 0.6 is 12.4 Å². The molecule has 0 aliphatic carbocycles. The standard InChI is InChI=1S/C17H25NO3.ClH/c1-11(19)12-6-7-14-13(10-12)15(18-8-4-5-9-18)16(20)17(2,3)21-14;/h6-7,10-11,15-16,19-20H,4-5,8-9H2,1-3H3;1H/t11?,15-,16+;/m1./s1. The predicted octanol–water partition coefficient (Wildman–Crippen LogP) is 2.83. The van der Waals surface area contributed by atoms with Gasteiger partial charge in [-0.3, -0.25) is 4.90 Å². The van der Waals surface area contributed by atoms with Gasteiger partial charge in [0, 0.05) is 5.56 Å². The molecule has 1 saturated heterocycles. The van der Waals surface area contributed by atoms with Gasteiger partial charge in [0.05, 0.1) is 12.1 Å². The van der Waals surface area contributed by atoms with Crippen LogP contribution in [0.5, 0.6) is 5.75 Å². The number of nitrogens with zero attached hydrogens (tertiary/aromatic N) is 1. The maximum atomic E-state index is 10.8. The number of benzene rings is 1. The first kappa shape index (κ1) is 17.5. The van der Waals surface area contributed by atoms with E-state index in [4.69, 9.17) is 4.74 Å². The van der Waals surface area contributed by atoms with E-state index in [0.717, 1.165) is 30.0 Å². The summed E-state index contributed by atoms with van der Waals surface area (Å²) in [5, 5.41) is 20.6. The van der Waals surface area contributed by atoms with Gasteiger partial charge < -0.3 is 14.9 Å². The van der Waals surface area contributed by atoms with Crippen molar-refractivity contribution in [3.05, 3.63) is 29.3 Å². The zero-order chi connectivity index (χ0) is 15.2. The van der Waals surface area contributed by atoms with Crippen LogP contribution in [0.3, 0.4) is 0 Å². The Bertz CT molecular complexity index is 527. The van der Waals surface area contributed by atoms with Crippen molar-refractivity contribution in [3.8, 4) is 5.75 Å². The van der Waals surface area contributed by atoms with Crippen LogP contribution in [0.4, 0.5) is 0 Å². The Morgan fingerprint density at radius 2 is 1.91 bits per heavy atom. The average molecular weight is 328 g/mol. The summed E-state index contributed by atoms with van der Waals surface area (Å²) in [4.78, 5) is 2.35. The van der Waals surface area contributed by atoms with Gasteiger partial charge in [-0.15, -0.1) is 12.4 Å². The minimum Gasteiger partial charge on any atom is -0.485 e. The topological polar surface area (TPSA) is 52.9 Å². The fourth-order valence-corrected chi connectivity index (χ4v) is 3.46. The fourth-order valence-electron chi connectivity index (χ4n) is 3.46. The van der Waals surface area contributed by atoms with Crippen molar-refractivity contribution in [2.24, 2.45) is 0 Å². The maximum absolute atomic E-state index is 10.8. The zero-order valence-corrected chi connectivity index (χ0v) is 14.3. The largest absolute Gasteiger partial charge is 0.485 e. The molecule has 3 rings (SSSR count). The SMILES string of the molecule is CC(O)c1ccc2c(c1)[C@@H](N1CCCC1)[C@H](O)C(C)(C)O2.Cl. The van der Waals surface area contributed by atoms with Crippen molar-refractivity contribution in [3.63, 3.8) is 0 Å². The summed E-state index contributed by atoms with van der Waals surface area (Å²) in [7, 11) is 0. The van der Waals surface area contributed by atoms with Gasteiger partial charge in [-0.2, -0.15) is 0 Å². The van der Waals surface area contributed by atoms with Gasteiger partial charge in [0.25, 0.3) is 0 Å². The van der Waals surface area contributed by atoms with Crippen LogP contribution in [0.25, 0.3) is 0 Å². The van der Waals surface area contributed by atoms with E-state index in [0.29, 0.717) is 0 Å². The van der Waals surface area contributed by atoms with Crippen LogP contribution in [0, 0.1) is 0 Å². The molecule has 2 heterocycles. The van der Waals surface area contributed by atoms with Gasteiger partial charge in [0.15, 0.2) is 0 Å². The summed E-state index contributed by atoms with van der Waals surface area (Å²) >= 11 is 0. The van der Waals surface area contributed by atoms with Gasteiger partial charge >= 0.3 is 0 Å². The minimum absolute atomic E-state index is 0. The summed E-state index contributed by atoms with van der Waals surface area (Å²) in [6.45, 7) is 7.65. The van der Waals surface area contributed by atoms with Gasteiger partial charge in [-0.1, -0.05) is 6.07 Å². The Kier molecular flexibility index (Phi) is 5.07. The third kappa shape index (κ3) is 2.98. The van der Waals surface area contributed by atoms with Crippen molar-refractivity contribution < 1.29 is 14.9 Å². The Labute approximate surface area is 138 Å². The lowest BCUT2D eigenvalue weighted by molar-refractivity contribution is -0.0896. The number of rotatable bonds is 2. The first-order chi connectivity index (χ1) is 9.90. The Hall–Kier alpha value is -0.810. The van der Waals surface area contributed by atoms with Crippen molar-refractivity contribution >= 4 is 12.4 Å². The molecule has 2 aliphatic heterocycles. The third-order valence-electron chi connectivity index (χ3n) is 4.75. The van der Waals surface area contributed by atoms with Crippen LogP contribution < -0.4 is 4.74 Å². The molecule has 0 bridgehead atoms. The highest BCUT2D eigenvalue weighted by Crippen LogP contribution is 2.44. The molecule has 2 N–H and O–H groups in total. The van der Waals surface area contributed by atoms with E-state index in [1.54, 1.807) is 6.92 Å². The first-order valence-electron chi connectivity index (χ1n) is 7.83. The fraction of sp³-hybridized carbons (Fsp3) is 0.647. The molecule has 2 aliphatic rings. The molecular formula is C17H26ClNO3. The lowest BCUT2D eigenvalue weighted by Gasteiger charge is -2.45. The van der Waals surface area contributed by atoms with E-state index in [2.05, 4.69) is 4.90 Å².